The van der Waals surface area contributed by atoms with Crippen LogP contribution >= 0.6 is 7.60 Å². The SMILES string of the molecule is C[C@H](Cn1cnc2c(N)ncnc21)OCP(=O)(OCOC(=O)C1CCCC1)OCOC(=O)C1CCCC1. The Morgan fingerprint density at radius 3 is 2.14 bits per heavy atom. The zero-order chi connectivity index (χ0) is 26.3. The van der Waals surface area contributed by atoms with E-state index in [-0.39, 0.29) is 29.6 Å². The maximum Gasteiger partial charge on any atom is 0.361 e. The van der Waals surface area contributed by atoms with Crippen LogP contribution in [0.4, 0.5) is 5.82 Å². The van der Waals surface area contributed by atoms with Gasteiger partial charge >= 0.3 is 19.5 Å². The number of rotatable bonds is 13. The molecular formula is C23H34N5O8P. The summed E-state index contributed by atoms with van der Waals surface area (Å²) in [5.74, 6) is -0.854. The van der Waals surface area contributed by atoms with Crippen molar-refractivity contribution >= 4 is 36.5 Å². The molecule has 0 spiro atoms. The van der Waals surface area contributed by atoms with Crippen LogP contribution in [-0.2, 0) is 44.0 Å². The second-order valence-electron chi connectivity index (χ2n) is 9.43. The standard InChI is InChI=1S/C23H34N5O8P/c1-16(10-28-12-27-19-20(24)25-11-26-21(19)28)34-15-37(31,35-13-32-22(29)17-6-2-3-7-17)36-14-33-23(30)18-8-4-5-9-18/h11-12,16-18H,2-10,13-15H2,1H3,(H2,24,25,26)/t16-/m1/s1. The summed E-state index contributed by atoms with van der Waals surface area (Å²) in [4.78, 5) is 36.7. The summed E-state index contributed by atoms with van der Waals surface area (Å²) >= 11 is 0. The summed E-state index contributed by atoms with van der Waals surface area (Å²) in [6, 6.07) is 0. The third-order valence-corrected chi connectivity index (χ3v) is 8.14. The van der Waals surface area contributed by atoms with E-state index in [0.29, 0.717) is 17.7 Å². The molecule has 1 atom stereocenters. The average molecular weight is 540 g/mol. The van der Waals surface area contributed by atoms with Crippen molar-refractivity contribution in [2.75, 3.05) is 25.7 Å². The van der Waals surface area contributed by atoms with Crippen molar-refractivity contribution in [1.29, 1.82) is 0 Å². The maximum atomic E-state index is 13.4. The van der Waals surface area contributed by atoms with Crippen LogP contribution < -0.4 is 5.73 Å². The highest BCUT2D eigenvalue weighted by Gasteiger charge is 2.31. The van der Waals surface area contributed by atoms with Gasteiger partial charge in [0.15, 0.2) is 11.5 Å². The zero-order valence-corrected chi connectivity index (χ0v) is 21.8. The number of fused-ring (bicyclic) bond motifs is 1. The van der Waals surface area contributed by atoms with Crippen molar-refractivity contribution in [1.82, 2.24) is 19.5 Å². The van der Waals surface area contributed by atoms with E-state index in [4.69, 9.17) is 29.0 Å². The number of esters is 2. The number of hydrogen-bond acceptors (Lipinski definition) is 12. The fourth-order valence-corrected chi connectivity index (χ4v) is 5.67. The molecule has 2 aliphatic carbocycles. The minimum Gasteiger partial charge on any atom is -0.438 e. The van der Waals surface area contributed by atoms with Crippen LogP contribution in [0.2, 0.25) is 0 Å². The number of ether oxygens (including phenoxy) is 3. The molecule has 0 aromatic carbocycles. The fourth-order valence-electron chi connectivity index (χ4n) is 4.58. The molecule has 0 radical (unpaired) electrons. The van der Waals surface area contributed by atoms with Gasteiger partial charge in [0.05, 0.1) is 30.8 Å². The summed E-state index contributed by atoms with van der Waals surface area (Å²) in [6.45, 7) is 0.980. The molecule has 2 aliphatic rings. The van der Waals surface area contributed by atoms with Gasteiger partial charge in [-0.2, -0.15) is 0 Å². The van der Waals surface area contributed by atoms with Gasteiger partial charge in [-0.25, -0.2) is 15.0 Å². The number of nitrogens with zero attached hydrogens (tertiary/aromatic N) is 4. The summed E-state index contributed by atoms with van der Waals surface area (Å²) in [7, 11) is -3.94. The van der Waals surface area contributed by atoms with Crippen molar-refractivity contribution in [3.05, 3.63) is 12.7 Å². The molecule has 0 bridgehead atoms. The van der Waals surface area contributed by atoms with Crippen molar-refractivity contribution in [3.8, 4) is 0 Å². The summed E-state index contributed by atoms with van der Waals surface area (Å²) in [5.41, 5.74) is 6.84. The first kappa shape index (κ1) is 27.4. The predicted molar refractivity (Wildman–Crippen MR) is 131 cm³/mol. The molecule has 2 fully saturated rings. The second kappa shape index (κ2) is 12.8. The van der Waals surface area contributed by atoms with Crippen LogP contribution in [-0.4, -0.2) is 57.5 Å². The van der Waals surface area contributed by atoms with Gasteiger partial charge in [0.25, 0.3) is 0 Å². The first-order valence-electron chi connectivity index (χ1n) is 12.6. The fraction of sp³-hybridized carbons (Fsp3) is 0.696. The third-order valence-electron chi connectivity index (χ3n) is 6.68. The Kier molecular flexibility index (Phi) is 9.47. The number of aromatic nitrogens is 4. The molecule has 2 aromatic rings. The van der Waals surface area contributed by atoms with Gasteiger partial charge in [0.1, 0.15) is 18.2 Å². The Morgan fingerprint density at radius 1 is 1.00 bits per heavy atom. The van der Waals surface area contributed by atoms with E-state index < -0.39 is 33.6 Å². The van der Waals surface area contributed by atoms with E-state index in [1.807, 2.05) is 0 Å². The van der Waals surface area contributed by atoms with Gasteiger partial charge in [-0.05, 0) is 32.6 Å². The smallest absolute Gasteiger partial charge is 0.361 e. The van der Waals surface area contributed by atoms with Gasteiger partial charge in [0.2, 0.25) is 13.6 Å². The number of nitrogens with two attached hydrogens (primary N) is 1. The van der Waals surface area contributed by atoms with Gasteiger partial charge in [-0.3, -0.25) is 23.2 Å². The summed E-state index contributed by atoms with van der Waals surface area (Å²) in [6.07, 6.45) is 8.98. The van der Waals surface area contributed by atoms with Gasteiger partial charge in [-0.15, -0.1) is 0 Å². The molecule has 0 aliphatic heterocycles. The van der Waals surface area contributed by atoms with Gasteiger partial charge in [-0.1, -0.05) is 25.7 Å². The quantitative estimate of drug-likeness (QED) is 0.224. The molecule has 0 amide bonds. The molecule has 13 nitrogen and oxygen atoms in total. The molecule has 204 valence electrons. The topological polar surface area (TPSA) is 167 Å². The first-order valence-corrected chi connectivity index (χ1v) is 14.3. The van der Waals surface area contributed by atoms with Crippen LogP contribution in [0.1, 0.15) is 58.3 Å². The molecule has 37 heavy (non-hydrogen) atoms. The molecule has 2 aromatic heterocycles. The van der Waals surface area contributed by atoms with Gasteiger partial charge < -0.3 is 24.5 Å². The minimum atomic E-state index is -3.94. The highest BCUT2D eigenvalue weighted by atomic mass is 31.2. The monoisotopic (exact) mass is 539 g/mol. The van der Waals surface area contributed by atoms with Crippen LogP contribution in [0.15, 0.2) is 12.7 Å². The van der Waals surface area contributed by atoms with Crippen molar-refractivity contribution < 1.29 is 37.4 Å². The lowest BCUT2D eigenvalue weighted by molar-refractivity contribution is -0.157. The van der Waals surface area contributed by atoms with E-state index in [9.17, 15) is 14.2 Å². The maximum absolute atomic E-state index is 13.4. The lowest BCUT2D eigenvalue weighted by Gasteiger charge is -2.21. The molecule has 2 heterocycles. The van der Waals surface area contributed by atoms with E-state index >= 15 is 0 Å². The number of carbonyl (C=O) groups excluding carboxylic acids is 2. The predicted octanol–water partition coefficient (Wildman–Crippen LogP) is 3.38. The molecule has 2 saturated carbocycles. The minimum absolute atomic E-state index is 0.171. The summed E-state index contributed by atoms with van der Waals surface area (Å²) in [5, 5.41) is 0. The number of nitrogen functional groups attached to an aromatic ring is 1. The molecule has 0 unspecified atom stereocenters. The number of imidazole rings is 1. The lowest BCUT2D eigenvalue weighted by Crippen LogP contribution is -2.21. The Morgan fingerprint density at radius 2 is 1.57 bits per heavy atom. The van der Waals surface area contributed by atoms with E-state index in [1.54, 1.807) is 17.8 Å². The number of anilines is 1. The number of hydrogen-bond donors (Lipinski definition) is 1. The Hall–Kier alpha value is -2.60. The largest absolute Gasteiger partial charge is 0.438 e. The van der Waals surface area contributed by atoms with Crippen LogP contribution in [0.3, 0.4) is 0 Å². The Labute approximate surface area is 214 Å². The number of carbonyl (C=O) groups is 2. The molecule has 2 N–H and O–H groups in total. The van der Waals surface area contributed by atoms with E-state index in [0.717, 1.165) is 51.4 Å². The summed E-state index contributed by atoms with van der Waals surface area (Å²) < 4.78 is 41.9. The van der Waals surface area contributed by atoms with E-state index in [1.165, 1.54) is 6.33 Å². The first-order chi connectivity index (χ1) is 17.8. The van der Waals surface area contributed by atoms with Crippen LogP contribution in [0.5, 0.6) is 0 Å². The third kappa shape index (κ3) is 7.47. The van der Waals surface area contributed by atoms with E-state index in [2.05, 4.69) is 15.0 Å². The molecule has 14 heteroatoms. The normalized spacial score (nSPS) is 17.9. The lowest BCUT2D eigenvalue weighted by atomic mass is 10.1. The Balaban J connectivity index is 1.31. The van der Waals surface area contributed by atoms with Crippen molar-refractivity contribution in [3.63, 3.8) is 0 Å². The zero-order valence-electron chi connectivity index (χ0n) is 21.0. The Bertz CT molecular complexity index is 1080. The van der Waals surface area contributed by atoms with Crippen molar-refractivity contribution in [2.45, 2.75) is 70.9 Å². The second-order valence-corrected chi connectivity index (χ2v) is 11.4. The molecule has 4 rings (SSSR count). The van der Waals surface area contributed by atoms with Crippen LogP contribution in [0.25, 0.3) is 11.2 Å². The highest BCUT2D eigenvalue weighted by Crippen LogP contribution is 2.48. The molecular weight excluding hydrogens is 505 g/mol. The average Bonchev–Trinajstić information content (AvgIpc) is 3.66. The molecule has 0 saturated heterocycles. The van der Waals surface area contributed by atoms with Crippen molar-refractivity contribution in [2.24, 2.45) is 11.8 Å². The van der Waals surface area contributed by atoms with Crippen LogP contribution in [0, 0.1) is 11.8 Å². The highest BCUT2D eigenvalue weighted by molar-refractivity contribution is 7.53. The van der Waals surface area contributed by atoms with Gasteiger partial charge in [0, 0.05) is 0 Å².